The summed E-state index contributed by atoms with van der Waals surface area (Å²) in [6, 6.07) is 0. The fourth-order valence-corrected chi connectivity index (χ4v) is 3.28. The van der Waals surface area contributed by atoms with Crippen LogP contribution in [0, 0.1) is 11.8 Å². The van der Waals surface area contributed by atoms with Gasteiger partial charge in [-0.1, -0.05) is 26.2 Å². The maximum Gasteiger partial charge on any atom is 0.223 e. The van der Waals surface area contributed by atoms with Crippen LogP contribution in [0.1, 0.15) is 39.0 Å². The summed E-state index contributed by atoms with van der Waals surface area (Å²) in [6.45, 7) is 4.86. The topological polar surface area (TPSA) is 44.4 Å². The molecule has 0 radical (unpaired) electrons. The summed E-state index contributed by atoms with van der Waals surface area (Å²) in [5.74, 6) is 0.906. The molecule has 2 fully saturated rings. The van der Waals surface area contributed by atoms with E-state index in [1.165, 1.54) is 32.1 Å². The summed E-state index contributed by atoms with van der Waals surface area (Å²) in [6.07, 6.45) is 6.33. The molecule has 1 saturated carbocycles. The molecule has 0 aromatic rings. The second-order valence-corrected chi connectivity index (χ2v) is 6.60. The number of amides is 1. The summed E-state index contributed by atoms with van der Waals surface area (Å²) in [5.41, 5.74) is 0.186. The highest BCUT2D eigenvalue weighted by Gasteiger charge is 2.36. The van der Waals surface area contributed by atoms with E-state index in [1.807, 2.05) is 0 Å². The number of rotatable bonds is 5. The number of halogens is 1. The molecule has 2 rings (SSSR count). The minimum Gasteiger partial charge on any atom is -0.354 e. The van der Waals surface area contributed by atoms with E-state index >= 15 is 0 Å². The van der Waals surface area contributed by atoms with Crippen LogP contribution in [-0.2, 0) is 4.79 Å². The van der Waals surface area contributed by atoms with Crippen molar-refractivity contribution in [3.63, 3.8) is 0 Å². The standard InChI is InChI=1S/C15H29N3O.ClH/c1-12(13-9-16-10-13)14(19)17-11-15(18(2)3)7-5-4-6-8-15;/h12-13,16H,4-11H2,1-3H3,(H,17,19);1H. The summed E-state index contributed by atoms with van der Waals surface area (Å²) in [4.78, 5) is 14.5. The van der Waals surface area contributed by atoms with E-state index in [0.717, 1.165) is 19.6 Å². The summed E-state index contributed by atoms with van der Waals surface area (Å²) < 4.78 is 0. The number of likely N-dealkylation sites (N-methyl/N-ethyl adjacent to an activating group) is 1. The second kappa shape index (κ2) is 7.62. The van der Waals surface area contributed by atoms with Crippen LogP contribution in [0.25, 0.3) is 0 Å². The molecule has 1 atom stereocenters. The Bertz CT molecular complexity index is 312. The Balaban J connectivity index is 0.00000200. The average molecular weight is 304 g/mol. The lowest BCUT2D eigenvalue weighted by atomic mass is 9.80. The molecule has 0 aromatic heterocycles. The number of carbonyl (C=O) groups is 1. The zero-order chi connectivity index (χ0) is 13.9. The molecule has 4 nitrogen and oxygen atoms in total. The highest BCUT2D eigenvalue weighted by atomic mass is 35.5. The van der Waals surface area contributed by atoms with Crippen molar-refractivity contribution in [3.8, 4) is 0 Å². The molecule has 2 N–H and O–H groups in total. The monoisotopic (exact) mass is 303 g/mol. The third kappa shape index (κ3) is 3.86. The minimum absolute atomic E-state index is 0. The average Bonchev–Trinajstić information content (AvgIpc) is 2.34. The maximum absolute atomic E-state index is 12.2. The van der Waals surface area contributed by atoms with E-state index in [1.54, 1.807) is 0 Å². The van der Waals surface area contributed by atoms with E-state index in [9.17, 15) is 4.79 Å². The molecule has 0 aromatic carbocycles. The van der Waals surface area contributed by atoms with Crippen LogP contribution in [0.15, 0.2) is 0 Å². The van der Waals surface area contributed by atoms with Crippen LogP contribution < -0.4 is 10.6 Å². The van der Waals surface area contributed by atoms with Crippen LogP contribution in [0.2, 0.25) is 0 Å². The van der Waals surface area contributed by atoms with Gasteiger partial charge in [0.05, 0.1) is 0 Å². The first-order chi connectivity index (χ1) is 9.05. The van der Waals surface area contributed by atoms with Crippen LogP contribution in [0.4, 0.5) is 0 Å². The van der Waals surface area contributed by atoms with Crippen molar-refractivity contribution >= 4 is 18.3 Å². The lowest BCUT2D eigenvalue weighted by Gasteiger charge is -2.43. The molecule has 1 saturated heterocycles. The highest BCUT2D eigenvalue weighted by Crippen LogP contribution is 2.31. The van der Waals surface area contributed by atoms with Gasteiger partial charge in [-0.15, -0.1) is 12.4 Å². The van der Waals surface area contributed by atoms with Crippen LogP contribution >= 0.6 is 12.4 Å². The van der Waals surface area contributed by atoms with Crippen molar-refractivity contribution in [1.82, 2.24) is 15.5 Å². The number of hydrogen-bond donors (Lipinski definition) is 2. The molecule has 1 unspecified atom stereocenters. The molecule has 0 spiro atoms. The zero-order valence-corrected chi connectivity index (χ0v) is 13.9. The first kappa shape index (κ1) is 17.7. The summed E-state index contributed by atoms with van der Waals surface area (Å²) in [7, 11) is 4.30. The van der Waals surface area contributed by atoms with Crippen molar-refractivity contribution in [2.24, 2.45) is 11.8 Å². The highest BCUT2D eigenvalue weighted by molar-refractivity contribution is 5.85. The van der Waals surface area contributed by atoms with E-state index < -0.39 is 0 Å². The van der Waals surface area contributed by atoms with Gasteiger partial charge < -0.3 is 15.5 Å². The number of nitrogens with zero attached hydrogens (tertiary/aromatic N) is 1. The summed E-state index contributed by atoms with van der Waals surface area (Å²) >= 11 is 0. The van der Waals surface area contributed by atoms with E-state index in [4.69, 9.17) is 0 Å². The Labute approximate surface area is 129 Å². The first-order valence-electron chi connectivity index (χ1n) is 7.71. The second-order valence-electron chi connectivity index (χ2n) is 6.60. The van der Waals surface area contributed by atoms with Crippen molar-refractivity contribution in [2.45, 2.75) is 44.6 Å². The number of hydrogen-bond acceptors (Lipinski definition) is 3. The Kier molecular flexibility index (Phi) is 6.76. The van der Waals surface area contributed by atoms with Gasteiger partial charge in [-0.2, -0.15) is 0 Å². The van der Waals surface area contributed by atoms with Gasteiger partial charge in [0.15, 0.2) is 0 Å². The van der Waals surface area contributed by atoms with Gasteiger partial charge in [-0.05, 0) is 45.9 Å². The van der Waals surface area contributed by atoms with Gasteiger partial charge in [0.1, 0.15) is 0 Å². The van der Waals surface area contributed by atoms with Crippen LogP contribution in [0.3, 0.4) is 0 Å². The SMILES string of the molecule is CC(C(=O)NCC1(N(C)C)CCCCC1)C1CNC1.Cl. The van der Waals surface area contributed by atoms with Crippen molar-refractivity contribution in [2.75, 3.05) is 33.7 Å². The third-order valence-corrected chi connectivity index (χ3v) is 5.26. The Hall–Kier alpha value is -0.320. The smallest absolute Gasteiger partial charge is 0.223 e. The largest absolute Gasteiger partial charge is 0.354 e. The molecule has 1 heterocycles. The van der Waals surface area contributed by atoms with Gasteiger partial charge in [0.25, 0.3) is 0 Å². The molecule has 5 heteroatoms. The van der Waals surface area contributed by atoms with E-state index in [-0.39, 0.29) is 29.8 Å². The van der Waals surface area contributed by atoms with Gasteiger partial charge in [0.2, 0.25) is 5.91 Å². The quantitative estimate of drug-likeness (QED) is 0.812. The lowest BCUT2D eigenvalue weighted by molar-refractivity contribution is -0.127. The van der Waals surface area contributed by atoms with Gasteiger partial charge in [0, 0.05) is 18.0 Å². The molecule has 1 aliphatic carbocycles. The van der Waals surface area contributed by atoms with Gasteiger partial charge >= 0.3 is 0 Å². The van der Waals surface area contributed by atoms with Gasteiger partial charge in [-0.25, -0.2) is 0 Å². The van der Waals surface area contributed by atoms with Gasteiger partial charge in [-0.3, -0.25) is 4.79 Å². The fraction of sp³-hybridized carbons (Fsp3) is 0.933. The van der Waals surface area contributed by atoms with Crippen LogP contribution in [-0.4, -0.2) is 50.1 Å². The fourth-order valence-electron chi connectivity index (χ4n) is 3.28. The predicted molar refractivity (Wildman–Crippen MR) is 85.3 cm³/mol. The molecular weight excluding hydrogens is 274 g/mol. The molecule has 118 valence electrons. The molecule has 2 aliphatic rings. The first-order valence-corrected chi connectivity index (χ1v) is 7.71. The van der Waals surface area contributed by atoms with Crippen molar-refractivity contribution in [1.29, 1.82) is 0 Å². The molecular formula is C15H30ClN3O. The molecule has 1 aliphatic heterocycles. The lowest BCUT2D eigenvalue weighted by Crippen LogP contribution is -2.56. The molecule has 1 amide bonds. The Morgan fingerprint density at radius 1 is 1.30 bits per heavy atom. The van der Waals surface area contributed by atoms with E-state index in [0.29, 0.717) is 5.92 Å². The molecule has 0 bridgehead atoms. The predicted octanol–water partition coefficient (Wildman–Crippen LogP) is 1.64. The Morgan fingerprint density at radius 2 is 1.90 bits per heavy atom. The maximum atomic E-state index is 12.2. The summed E-state index contributed by atoms with van der Waals surface area (Å²) in [5, 5.41) is 6.45. The minimum atomic E-state index is 0. The third-order valence-electron chi connectivity index (χ3n) is 5.26. The molecule has 20 heavy (non-hydrogen) atoms. The van der Waals surface area contributed by atoms with Crippen molar-refractivity contribution < 1.29 is 4.79 Å². The van der Waals surface area contributed by atoms with Crippen molar-refractivity contribution in [3.05, 3.63) is 0 Å². The Morgan fingerprint density at radius 3 is 2.35 bits per heavy atom. The number of nitrogens with one attached hydrogen (secondary N) is 2. The van der Waals surface area contributed by atoms with E-state index in [2.05, 4.69) is 36.6 Å². The van der Waals surface area contributed by atoms with Crippen LogP contribution in [0.5, 0.6) is 0 Å². The normalized spacial score (nSPS) is 23.6. The zero-order valence-electron chi connectivity index (χ0n) is 13.1. The number of carbonyl (C=O) groups excluding carboxylic acids is 1.